The van der Waals surface area contributed by atoms with Crippen LogP contribution in [0.3, 0.4) is 0 Å². The Hall–Kier alpha value is -1.56. The van der Waals surface area contributed by atoms with E-state index >= 15 is 0 Å². The van der Waals surface area contributed by atoms with Crippen molar-refractivity contribution < 1.29 is 0 Å². The van der Waals surface area contributed by atoms with E-state index in [0.29, 0.717) is 4.77 Å². The fourth-order valence-corrected chi connectivity index (χ4v) is 2.28. The van der Waals surface area contributed by atoms with Gasteiger partial charge in [0.25, 0.3) is 0 Å². The van der Waals surface area contributed by atoms with Gasteiger partial charge in [0.1, 0.15) is 0 Å². The number of nitrogens with one attached hydrogen (secondary N) is 1. The summed E-state index contributed by atoms with van der Waals surface area (Å²) in [5.41, 5.74) is 2.54. The molecule has 96 valence electrons. The maximum Gasteiger partial charge on any atom is 0.195 e. The quantitative estimate of drug-likeness (QED) is 0.804. The van der Waals surface area contributed by atoms with E-state index in [-0.39, 0.29) is 5.54 Å². The van der Waals surface area contributed by atoms with Crippen molar-refractivity contribution in [3.05, 3.63) is 22.2 Å². The lowest BCUT2D eigenvalue weighted by Crippen LogP contribution is -2.23. The molecule has 0 aliphatic rings. The summed E-state index contributed by atoms with van der Waals surface area (Å²) in [5.74, 6) is 0.808. The van der Waals surface area contributed by atoms with Crippen LogP contribution in [0.4, 0.5) is 0 Å². The van der Waals surface area contributed by atoms with Gasteiger partial charge < -0.3 is 0 Å². The summed E-state index contributed by atoms with van der Waals surface area (Å²) < 4.78 is 2.62. The monoisotopic (exact) mass is 263 g/mol. The van der Waals surface area contributed by atoms with Gasteiger partial charge in [-0.25, -0.2) is 0 Å². The van der Waals surface area contributed by atoms with Crippen LogP contribution in [0, 0.1) is 18.6 Å². The van der Waals surface area contributed by atoms with Crippen LogP contribution in [0.15, 0.2) is 6.07 Å². The average molecular weight is 263 g/mol. The van der Waals surface area contributed by atoms with Gasteiger partial charge in [-0.05, 0) is 52.9 Å². The van der Waals surface area contributed by atoms with E-state index in [4.69, 9.17) is 12.2 Å². The Morgan fingerprint density at radius 1 is 1.22 bits per heavy atom. The first-order valence-corrected chi connectivity index (χ1v) is 6.20. The van der Waals surface area contributed by atoms with Crippen LogP contribution >= 0.6 is 12.2 Å². The van der Waals surface area contributed by atoms with Crippen LogP contribution in [0.2, 0.25) is 0 Å². The molecule has 18 heavy (non-hydrogen) atoms. The Morgan fingerprint density at radius 2 is 1.89 bits per heavy atom. The highest BCUT2D eigenvalue weighted by Crippen LogP contribution is 2.26. The molecule has 0 unspecified atom stereocenters. The maximum absolute atomic E-state index is 5.31. The molecule has 0 atom stereocenters. The SMILES string of the molecule is Cc1cc(-c2n[nH]c(=S)n2C(C)(C)C)c(C)nn1. The molecular formula is C12H17N5S. The largest absolute Gasteiger partial charge is 0.295 e. The van der Waals surface area contributed by atoms with E-state index in [0.717, 1.165) is 22.8 Å². The topological polar surface area (TPSA) is 59.4 Å². The maximum atomic E-state index is 5.31. The summed E-state index contributed by atoms with van der Waals surface area (Å²) in [6.45, 7) is 10.1. The molecule has 6 heteroatoms. The lowest BCUT2D eigenvalue weighted by Gasteiger charge is -2.22. The third-order valence-electron chi connectivity index (χ3n) is 2.68. The van der Waals surface area contributed by atoms with Crippen molar-refractivity contribution in [2.45, 2.75) is 40.2 Å². The van der Waals surface area contributed by atoms with Crippen LogP contribution in [0.5, 0.6) is 0 Å². The summed E-state index contributed by atoms with van der Waals surface area (Å²) in [5, 5.41) is 15.4. The Labute approximate surface area is 111 Å². The Balaban J connectivity index is 2.73. The number of aromatic amines is 1. The van der Waals surface area contributed by atoms with Gasteiger partial charge in [-0.2, -0.15) is 15.3 Å². The molecule has 2 aromatic heterocycles. The molecule has 2 heterocycles. The highest BCUT2D eigenvalue weighted by atomic mass is 32.1. The molecule has 0 radical (unpaired) electrons. The summed E-state index contributed by atoms with van der Waals surface area (Å²) in [7, 11) is 0. The second kappa shape index (κ2) is 4.28. The van der Waals surface area contributed by atoms with Crippen LogP contribution in [0.1, 0.15) is 32.2 Å². The number of H-pyrrole nitrogens is 1. The molecule has 2 aromatic rings. The van der Waals surface area contributed by atoms with E-state index in [1.54, 1.807) is 0 Å². The zero-order valence-electron chi connectivity index (χ0n) is 11.3. The standard InChI is InChI=1S/C12H17N5S/c1-7-6-9(8(2)14-13-7)10-15-16-11(18)17(10)12(3,4)5/h6H,1-5H3,(H,16,18). The van der Waals surface area contributed by atoms with Crippen molar-refractivity contribution in [3.63, 3.8) is 0 Å². The number of nitrogens with zero attached hydrogens (tertiary/aromatic N) is 4. The number of aryl methyl sites for hydroxylation is 2. The lowest BCUT2D eigenvalue weighted by atomic mass is 10.1. The van der Waals surface area contributed by atoms with Crippen molar-refractivity contribution in [2.24, 2.45) is 0 Å². The Kier molecular flexibility index (Phi) is 3.06. The molecule has 5 nitrogen and oxygen atoms in total. The van der Waals surface area contributed by atoms with Gasteiger partial charge in [-0.3, -0.25) is 9.67 Å². The van der Waals surface area contributed by atoms with Gasteiger partial charge in [0.2, 0.25) is 0 Å². The molecule has 0 amide bonds. The van der Waals surface area contributed by atoms with Crippen molar-refractivity contribution in [2.75, 3.05) is 0 Å². The lowest BCUT2D eigenvalue weighted by molar-refractivity contribution is 0.395. The summed E-state index contributed by atoms with van der Waals surface area (Å²) in [6, 6.07) is 1.98. The van der Waals surface area contributed by atoms with Gasteiger partial charge in [-0.15, -0.1) is 0 Å². The van der Waals surface area contributed by atoms with Crippen molar-refractivity contribution in [1.82, 2.24) is 25.0 Å². The minimum atomic E-state index is -0.136. The highest BCUT2D eigenvalue weighted by molar-refractivity contribution is 7.71. The van der Waals surface area contributed by atoms with Crippen molar-refractivity contribution in [1.29, 1.82) is 0 Å². The third kappa shape index (κ3) is 2.20. The zero-order chi connectivity index (χ0) is 13.5. The first-order chi connectivity index (χ1) is 8.30. The number of aromatic nitrogens is 5. The second-order valence-electron chi connectivity index (χ2n) is 5.34. The van der Waals surface area contributed by atoms with Crippen LogP contribution in [0.25, 0.3) is 11.4 Å². The minimum absolute atomic E-state index is 0.136. The van der Waals surface area contributed by atoms with Gasteiger partial charge in [0.05, 0.1) is 11.4 Å². The molecule has 0 aliphatic heterocycles. The molecule has 0 aromatic carbocycles. The average Bonchev–Trinajstić information content (AvgIpc) is 2.63. The van der Waals surface area contributed by atoms with Gasteiger partial charge >= 0.3 is 0 Å². The Morgan fingerprint density at radius 3 is 2.50 bits per heavy atom. The summed E-state index contributed by atoms with van der Waals surface area (Å²) in [4.78, 5) is 0. The molecule has 0 saturated carbocycles. The van der Waals surface area contributed by atoms with Gasteiger partial charge in [0.15, 0.2) is 10.6 Å². The molecule has 0 spiro atoms. The molecule has 0 saturated heterocycles. The fraction of sp³-hybridized carbons (Fsp3) is 0.500. The Bertz CT molecular complexity index is 633. The highest BCUT2D eigenvalue weighted by Gasteiger charge is 2.21. The number of hydrogen-bond acceptors (Lipinski definition) is 4. The van der Waals surface area contributed by atoms with E-state index < -0.39 is 0 Å². The first kappa shape index (κ1) is 12.9. The van der Waals surface area contributed by atoms with Crippen LogP contribution < -0.4 is 0 Å². The molecule has 0 bridgehead atoms. The predicted molar refractivity (Wildman–Crippen MR) is 72.9 cm³/mol. The van der Waals surface area contributed by atoms with Crippen LogP contribution in [-0.2, 0) is 5.54 Å². The fourth-order valence-electron chi connectivity index (χ4n) is 1.88. The number of hydrogen-bond donors (Lipinski definition) is 1. The van der Waals surface area contributed by atoms with Crippen LogP contribution in [-0.4, -0.2) is 25.0 Å². The molecule has 0 fully saturated rings. The van der Waals surface area contributed by atoms with Crippen molar-refractivity contribution >= 4 is 12.2 Å². The molecular weight excluding hydrogens is 246 g/mol. The smallest absolute Gasteiger partial charge is 0.195 e. The zero-order valence-corrected chi connectivity index (χ0v) is 12.1. The minimum Gasteiger partial charge on any atom is -0.295 e. The van der Waals surface area contributed by atoms with E-state index in [1.165, 1.54) is 0 Å². The van der Waals surface area contributed by atoms with Crippen molar-refractivity contribution in [3.8, 4) is 11.4 Å². The van der Waals surface area contributed by atoms with E-state index in [2.05, 4.69) is 41.2 Å². The van der Waals surface area contributed by atoms with E-state index in [1.807, 2.05) is 24.5 Å². The van der Waals surface area contributed by atoms with E-state index in [9.17, 15) is 0 Å². The normalized spacial score (nSPS) is 11.8. The van der Waals surface area contributed by atoms with Gasteiger partial charge in [0, 0.05) is 11.1 Å². The van der Waals surface area contributed by atoms with Gasteiger partial charge in [-0.1, -0.05) is 0 Å². The molecule has 1 N–H and O–H groups in total. The summed E-state index contributed by atoms with van der Waals surface area (Å²) in [6.07, 6.45) is 0. The number of rotatable bonds is 1. The third-order valence-corrected chi connectivity index (χ3v) is 2.96. The molecule has 2 rings (SSSR count). The summed E-state index contributed by atoms with van der Waals surface area (Å²) >= 11 is 5.31. The first-order valence-electron chi connectivity index (χ1n) is 5.80. The molecule has 0 aliphatic carbocycles. The predicted octanol–water partition coefficient (Wildman–Crippen LogP) is 2.77. The second-order valence-corrected chi connectivity index (χ2v) is 5.73.